The van der Waals surface area contributed by atoms with Crippen LogP contribution in [0.2, 0.25) is 0 Å². The number of benzene rings is 2. The predicted octanol–water partition coefficient (Wildman–Crippen LogP) is 4.22. The van der Waals surface area contributed by atoms with Crippen LogP contribution in [0.15, 0.2) is 48.5 Å². The number of para-hydroxylation sites is 1. The van der Waals surface area contributed by atoms with Gasteiger partial charge in [0.15, 0.2) is 6.10 Å². The fraction of sp³-hybridized carbons (Fsp3) is 0.316. The van der Waals surface area contributed by atoms with Gasteiger partial charge in [-0.3, -0.25) is 4.79 Å². The molecule has 1 atom stereocenters. The maximum Gasteiger partial charge on any atom is 0.265 e. The van der Waals surface area contributed by atoms with E-state index in [2.05, 4.69) is 19.2 Å². The van der Waals surface area contributed by atoms with Crippen LogP contribution in [0, 0.1) is 0 Å². The van der Waals surface area contributed by atoms with E-state index in [-0.39, 0.29) is 5.91 Å². The quantitative estimate of drug-likeness (QED) is 0.868. The lowest BCUT2D eigenvalue weighted by molar-refractivity contribution is -0.122. The largest absolute Gasteiger partial charge is 0.497 e. The average Bonchev–Trinajstić information content (AvgIpc) is 2.55. The fourth-order valence-electron chi connectivity index (χ4n) is 2.28. The second-order valence-corrected chi connectivity index (χ2v) is 5.67. The summed E-state index contributed by atoms with van der Waals surface area (Å²) in [6.07, 6.45) is -0.609. The van der Waals surface area contributed by atoms with Gasteiger partial charge >= 0.3 is 0 Å². The summed E-state index contributed by atoms with van der Waals surface area (Å²) < 4.78 is 10.9. The minimum Gasteiger partial charge on any atom is -0.497 e. The molecule has 23 heavy (non-hydrogen) atoms. The van der Waals surface area contributed by atoms with Crippen LogP contribution in [0.4, 0.5) is 5.69 Å². The second-order valence-electron chi connectivity index (χ2n) is 5.67. The minimum absolute atomic E-state index is 0.180. The average molecular weight is 313 g/mol. The molecule has 0 saturated heterocycles. The first-order valence-electron chi connectivity index (χ1n) is 7.71. The van der Waals surface area contributed by atoms with Crippen molar-refractivity contribution in [3.8, 4) is 11.5 Å². The Bertz CT molecular complexity index is 667. The Hall–Kier alpha value is -2.49. The molecule has 2 rings (SSSR count). The standard InChI is InChI=1S/C19H23NO3/c1-13(2)17-10-5-6-11-18(17)20-19(21)14(3)23-16-9-7-8-15(12-16)22-4/h5-14H,1-4H3,(H,20,21)/t14-/m0/s1. The molecule has 4 heteroatoms. The van der Waals surface area contributed by atoms with Gasteiger partial charge in [0.2, 0.25) is 0 Å². The first-order chi connectivity index (χ1) is 11.0. The lowest BCUT2D eigenvalue weighted by atomic mass is 10.0. The third-order valence-electron chi connectivity index (χ3n) is 3.56. The van der Waals surface area contributed by atoms with Crippen molar-refractivity contribution in [2.75, 3.05) is 12.4 Å². The number of ether oxygens (including phenoxy) is 2. The summed E-state index contributed by atoms with van der Waals surface area (Å²) in [6, 6.07) is 15.0. The summed E-state index contributed by atoms with van der Waals surface area (Å²) in [7, 11) is 1.60. The number of carbonyl (C=O) groups is 1. The van der Waals surface area contributed by atoms with Crippen molar-refractivity contribution in [2.24, 2.45) is 0 Å². The zero-order valence-electron chi connectivity index (χ0n) is 14.0. The van der Waals surface area contributed by atoms with Gasteiger partial charge in [0.1, 0.15) is 11.5 Å². The van der Waals surface area contributed by atoms with E-state index in [1.807, 2.05) is 36.4 Å². The fourth-order valence-corrected chi connectivity index (χ4v) is 2.28. The Morgan fingerprint density at radius 1 is 1.00 bits per heavy atom. The van der Waals surface area contributed by atoms with Crippen molar-refractivity contribution >= 4 is 11.6 Å². The van der Waals surface area contributed by atoms with Crippen LogP contribution in [0.1, 0.15) is 32.3 Å². The molecule has 2 aromatic rings. The number of carbonyl (C=O) groups excluding carboxylic acids is 1. The van der Waals surface area contributed by atoms with Gasteiger partial charge in [-0.2, -0.15) is 0 Å². The highest BCUT2D eigenvalue weighted by atomic mass is 16.5. The molecule has 0 aromatic heterocycles. The highest BCUT2D eigenvalue weighted by Crippen LogP contribution is 2.24. The van der Waals surface area contributed by atoms with Crippen LogP contribution in [0.3, 0.4) is 0 Å². The van der Waals surface area contributed by atoms with Crippen LogP contribution in [-0.2, 0) is 4.79 Å². The number of methoxy groups -OCH3 is 1. The molecule has 0 fully saturated rings. The monoisotopic (exact) mass is 313 g/mol. The molecule has 1 N–H and O–H groups in total. The van der Waals surface area contributed by atoms with Gasteiger partial charge in [-0.25, -0.2) is 0 Å². The van der Waals surface area contributed by atoms with Crippen LogP contribution in [-0.4, -0.2) is 19.1 Å². The summed E-state index contributed by atoms with van der Waals surface area (Å²) >= 11 is 0. The Morgan fingerprint density at radius 2 is 1.70 bits per heavy atom. The summed E-state index contributed by atoms with van der Waals surface area (Å²) in [5.41, 5.74) is 1.93. The zero-order chi connectivity index (χ0) is 16.8. The van der Waals surface area contributed by atoms with E-state index in [0.717, 1.165) is 11.3 Å². The Balaban J connectivity index is 2.05. The number of anilines is 1. The summed E-state index contributed by atoms with van der Waals surface area (Å²) in [5, 5.41) is 2.95. The molecule has 0 radical (unpaired) electrons. The van der Waals surface area contributed by atoms with Gasteiger partial charge in [-0.05, 0) is 36.6 Å². The summed E-state index contributed by atoms with van der Waals surface area (Å²) in [6.45, 7) is 5.93. The molecule has 0 saturated carbocycles. The van der Waals surface area contributed by atoms with Gasteiger partial charge in [0.25, 0.3) is 5.91 Å². The van der Waals surface area contributed by atoms with Crippen molar-refractivity contribution in [3.05, 3.63) is 54.1 Å². The van der Waals surface area contributed by atoms with Crippen molar-refractivity contribution in [2.45, 2.75) is 32.8 Å². The number of amides is 1. The topological polar surface area (TPSA) is 47.6 Å². The molecule has 0 unspecified atom stereocenters. The van der Waals surface area contributed by atoms with E-state index < -0.39 is 6.10 Å². The molecular weight excluding hydrogens is 290 g/mol. The number of hydrogen-bond donors (Lipinski definition) is 1. The van der Waals surface area contributed by atoms with E-state index in [9.17, 15) is 4.79 Å². The number of nitrogens with one attached hydrogen (secondary N) is 1. The Morgan fingerprint density at radius 3 is 2.39 bits per heavy atom. The summed E-state index contributed by atoms with van der Waals surface area (Å²) in [4.78, 5) is 12.4. The molecular formula is C19H23NO3. The van der Waals surface area contributed by atoms with Crippen LogP contribution in [0.5, 0.6) is 11.5 Å². The maximum absolute atomic E-state index is 12.4. The molecule has 2 aromatic carbocycles. The highest BCUT2D eigenvalue weighted by molar-refractivity contribution is 5.94. The Kier molecular flexibility index (Phi) is 5.63. The maximum atomic E-state index is 12.4. The van der Waals surface area contributed by atoms with E-state index in [0.29, 0.717) is 17.4 Å². The number of hydrogen-bond acceptors (Lipinski definition) is 3. The molecule has 1 amide bonds. The minimum atomic E-state index is -0.609. The number of rotatable bonds is 6. The second kappa shape index (κ2) is 7.68. The van der Waals surface area contributed by atoms with Gasteiger partial charge in [0, 0.05) is 11.8 Å². The Labute approximate surface area is 137 Å². The van der Waals surface area contributed by atoms with E-state index in [4.69, 9.17) is 9.47 Å². The smallest absolute Gasteiger partial charge is 0.265 e. The van der Waals surface area contributed by atoms with E-state index >= 15 is 0 Å². The molecule has 0 heterocycles. The van der Waals surface area contributed by atoms with Gasteiger partial charge in [-0.15, -0.1) is 0 Å². The van der Waals surface area contributed by atoms with Crippen molar-refractivity contribution < 1.29 is 14.3 Å². The molecule has 0 aliphatic rings. The van der Waals surface area contributed by atoms with Gasteiger partial charge in [0.05, 0.1) is 7.11 Å². The first kappa shape index (κ1) is 16.9. The van der Waals surface area contributed by atoms with E-state index in [1.54, 1.807) is 26.2 Å². The lowest BCUT2D eigenvalue weighted by Crippen LogP contribution is -2.30. The van der Waals surface area contributed by atoms with Crippen molar-refractivity contribution in [1.82, 2.24) is 0 Å². The molecule has 0 aliphatic heterocycles. The van der Waals surface area contributed by atoms with Gasteiger partial charge in [-0.1, -0.05) is 38.1 Å². The third kappa shape index (κ3) is 4.49. The van der Waals surface area contributed by atoms with Crippen molar-refractivity contribution in [3.63, 3.8) is 0 Å². The zero-order valence-corrected chi connectivity index (χ0v) is 14.0. The van der Waals surface area contributed by atoms with Crippen molar-refractivity contribution in [1.29, 1.82) is 0 Å². The predicted molar refractivity (Wildman–Crippen MR) is 92.2 cm³/mol. The normalized spacial score (nSPS) is 11.9. The third-order valence-corrected chi connectivity index (χ3v) is 3.56. The summed E-state index contributed by atoms with van der Waals surface area (Å²) in [5.74, 6) is 1.45. The van der Waals surface area contributed by atoms with Crippen LogP contribution >= 0.6 is 0 Å². The lowest BCUT2D eigenvalue weighted by Gasteiger charge is -2.18. The van der Waals surface area contributed by atoms with Crippen LogP contribution < -0.4 is 14.8 Å². The van der Waals surface area contributed by atoms with E-state index in [1.165, 1.54) is 0 Å². The first-order valence-corrected chi connectivity index (χ1v) is 7.71. The highest BCUT2D eigenvalue weighted by Gasteiger charge is 2.17. The van der Waals surface area contributed by atoms with Gasteiger partial charge < -0.3 is 14.8 Å². The van der Waals surface area contributed by atoms with Crippen LogP contribution in [0.25, 0.3) is 0 Å². The molecule has 4 nitrogen and oxygen atoms in total. The molecule has 0 bridgehead atoms. The molecule has 0 spiro atoms. The molecule has 122 valence electrons. The SMILES string of the molecule is COc1cccc(O[C@@H](C)C(=O)Nc2ccccc2C(C)C)c1. The molecule has 0 aliphatic carbocycles.